The topological polar surface area (TPSA) is 38.3 Å². The molecule has 232 valence electrons. The summed E-state index contributed by atoms with van der Waals surface area (Å²) in [6.07, 6.45) is 7.67. The number of anilines is 1. The second kappa shape index (κ2) is 11.1. The fourth-order valence-electron chi connectivity index (χ4n) is 7.70. The van der Waals surface area contributed by atoms with Gasteiger partial charge in [0.2, 0.25) is 0 Å². The Bertz CT molecular complexity index is 2790. The maximum Gasteiger partial charge on any atom is 0.139 e. The average Bonchev–Trinajstić information content (AvgIpc) is 3.74. The van der Waals surface area contributed by atoms with Crippen LogP contribution in [0.15, 0.2) is 178 Å². The van der Waals surface area contributed by atoms with Crippen molar-refractivity contribution < 1.29 is 8.83 Å². The van der Waals surface area contributed by atoms with Crippen molar-refractivity contribution in [3.05, 3.63) is 175 Å². The molecule has 0 fully saturated rings. The zero-order valence-electron chi connectivity index (χ0n) is 26.7. The van der Waals surface area contributed by atoms with Gasteiger partial charge in [0.15, 0.2) is 0 Å². The number of rotatable bonds is 5. The molecule has 0 aliphatic heterocycles. The number of fused-ring (bicyclic) bond motifs is 7. The van der Waals surface area contributed by atoms with E-state index in [0.717, 1.165) is 67.4 Å². The number of furan rings is 2. The van der Waals surface area contributed by atoms with Gasteiger partial charge in [0, 0.05) is 33.3 Å². The van der Waals surface area contributed by atoms with Crippen LogP contribution < -0.4 is 5.32 Å². The third-order valence-corrected chi connectivity index (χ3v) is 10.0. The minimum absolute atomic E-state index is 0.237. The molecule has 3 nitrogen and oxygen atoms in total. The van der Waals surface area contributed by atoms with Gasteiger partial charge in [-0.05, 0) is 75.9 Å². The van der Waals surface area contributed by atoms with Gasteiger partial charge >= 0.3 is 0 Å². The molecule has 2 heterocycles. The molecule has 1 aliphatic carbocycles. The molecule has 1 N–H and O–H groups in total. The van der Waals surface area contributed by atoms with E-state index in [1.165, 1.54) is 32.8 Å². The Morgan fingerprint density at radius 3 is 2.10 bits per heavy atom. The molecule has 1 atom stereocenters. The molecular formula is C46H31NO2. The maximum atomic E-state index is 6.47. The lowest BCUT2D eigenvalue weighted by molar-refractivity contribution is 0.657. The molecule has 3 heteroatoms. The number of hydrogen-bond donors (Lipinski definition) is 1. The van der Waals surface area contributed by atoms with Crippen molar-refractivity contribution >= 4 is 60.3 Å². The van der Waals surface area contributed by atoms with Crippen LogP contribution >= 0.6 is 0 Å². The monoisotopic (exact) mass is 629 g/mol. The summed E-state index contributed by atoms with van der Waals surface area (Å²) in [5, 5.41) is 10.8. The molecule has 2 aromatic heterocycles. The fraction of sp³-hybridized carbons (Fsp3) is 0.0435. The first-order valence-electron chi connectivity index (χ1n) is 16.9. The molecule has 0 radical (unpaired) electrons. The highest BCUT2D eigenvalue weighted by Crippen LogP contribution is 2.42. The lowest BCUT2D eigenvalue weighted by atomic mass is 9.90. The highest BCUT2D eigenvalue weighted by atomic mass is 16.3. The summed E-state index contributed by atoms with van der Waals surface area (Å²) in [4.78, 5) is 0. The number of hydrogen-bond acceptors (Lipinski definition) is 3. The first kappa shape index (κ1) is 27.8. The Balaban J connectivity index is 1.01. The first-order valence-corrected chi connectivity index (χ1v) is 16.9. The molecular weight excluding hydrogens is 599 g/mol. The van der Waals surface area contributed by atoms with E-state index in [2.05, 4.69) is 157 Å². The predicted octanol–water partition coefficient (Wildman–Crippen LogP) is 13.0. The van der Waals surface area contributed by atoms with Crippen LogP contribution in [0.2, 0.25) is 0 Å². The Kier molecular flexibility index (Phi) is 6.31. The van der Waals surface area contributed by atoms with Gasteiger partial charge in [-0.2, -0.15) is 0 Å². The van der Waals surface area contributed by atoms with Crippen LogP contribution in [0.4, 0.5) is 5.69 Å². The third kappa shape index (κ3) is 4.58. The molecule has 9 aromatic rings. The average molecular weight is 630 g/mol. The van der Waals surface area contributed by atoms with Gasteiger partial charge in [0.25, 0.3) is 0 Å². The molecule has 0 amide bonds. The Labute approximate surface area is 283 Å². The van der Waals surface area contributed by atoms with Gasteiger partial charge in [-0.15, -0.1) is 0 Å². The zero-order chi connectivity index (χ0) is 32.3. The van der Waals surface area contributed by atoms with E-state index >= 15 is 0 Å². The Hall–Kier alpha value is -6.32. The highest BCUT2D eigenvalue weighted by Gasteiger charge is 2.20. The van der Waals surface area contributed by atoms with E-state index in [0.29, 0.717) is 0 Å². The van der Waals surface area contributed by atoms with Crippen molar-refractivity contribution in [1.29, 1.82) is 0 Å². The van der Waals surface area contributed by atoms with Gasteiger partial charge in [-0.1, -0.05) is 127 Å². The lowest BCUT2D eigenvalue weighted by Gasteiger charge is -2.18. The summed E-state index contributed by atoms with van der Waals surface area (Å²) >= 11 is 0. The van der Waals surface area contributed by atoms with Crippen LogP contribution in [0.5, 0.6) is 0 Å². The van der Waals surface area contributed by atoms with Crippen molar-refractivity contribution in [2.45, 2.75) is 12.3 Å². The second-order valence-corrected chi connectivity index (χ2v) is 12.9. The molecule has 0 bridgehead atoms. The molecule has 1 unspecified atom stereocenters. The number of nitrogens with one attached hydrogen (secondary N) is 1. The Morgan fingerprint density at radius 2 is 1.20 bits per heavy atom. The smallest absolute Gasteiger partial charge is 0.139 e. The summed E-state index contributed by atoms with van der Waals surface area (Å²) in [6.45, 7) is 0. The van der Waals surface area contributed by atoms with E-state index in [4.69, 9.17) is 8.83 Å². The van der Waals surface area contributed by atoms with E-state index in [1.807, 2.05) is 12.1 Å². The number of benzene rings is 7. The fourth-order valence-corrected chi connectivity index (χ4v) is 7.70. The maximum absolute atomic E-state index is 6.47. The van der Waals surface area contributed by atoms with Crippen molar-refractivity contribution in [2.75, 3.05) is 5.32 Å². The molecule has 0 spiro atoms. The van der Waals surface area contributed by atoms with Crippen LogP contribution in [0.25, 0.3) is 76.9 Å². The third-order valence-electron chi connectivity index (χ3n) is 10.0. The van der Waals surface area contributed by atoms with E-state index in [-0.39, 0.29) is 5.92 Å². The Morgan fingerprint density at radius 1 is 0.531 bits per heavy atom. The van der Waals surface area contributed by atoms with Gasteiger partial charge in [-0.3, -0.25) is 0 Å². The second-order valence-electron chi connectivity index (χ2n) is 12.9. The SMILES string of the molecule is C1=CC(c2cccc3c2oc2ccccc23)CC=C1Nc1cccc2oc3cccc(-c4cccc(-c5cccc6ccccc56)c4)c3c12. The largest absolute Gasteiger partial charge is 0.456 e. The standard InChI is InChI=1S/C46H31NO2/c1-2-14-34-29(10-1)11-6-16-35(34)31-12-5-13-32(28-31)36-17-8-22-42-44(36)45-40(20-9-23-43(45)48-42)47-33-26-24-30(25-27-33)37-18-7-19-39-38-15-3-4-21-41(38)49-46(37)39/h1-24,26-28,30,47H,25H2. The van der Waals surface area contributed by atoms with Crippen molar-refractivity contribution in [3.63, 3.8) is 0 Å². The molecule has 49 heavy (non-hydrogen) atoms. The van der Waals surface area contributed by atoms with Crippen LogP contribution in [0.3, 0.4) is 0 Å². The summed E-state index contributed by atoms with van der Waals surface area (Å²) in [5.74, 6) is 0.237. The predicted molar refractivity (Wildman–Crippen MR) is 204 cm³/mol. The van der Waals surface area contributed by atoms with E-state index in [9.17, 15) is 0 Å². The minimum atomic E-state index is 0.237. The van der Waals surface area contributed by atoms with Crippen molar-refractivity contribution in [3.8, 4) is 22.3 Å². The normalized spacial score (nSPS) is 14.7. The quantitative estimate of drug-likeness (QED) is 0.206. The summed E-state index contributed by atoms with van der Waals surface area (Å²) in [7, 11) is 0. The minimum Gasteiger partial charge on any atom is -0.456 e. The van der Waals surface area contributed by atoms with Gasteiger partial charge in [0.05, 0.1) is 11.1 Å². The van der Waals surface area contributed by atoms with E-state index < -0.39 is 0 Å². The molecule has 0 saturated heterocycles. The van der Waals surface area contributed by atoms with Crippen LogP contribution in [0, 0.1) is 0 Å². The summed E-state index contributed by atoms with van der Waals surface area (Å²) < 4.78 is 12.8. The molecule has 0 saturated carbocycles. The van der Waals surface area contributed by atoms with Crippen LogP contribution in [0.1, 0.15) is 17.9 Å². The lowest BCUT2D eigenvalue weighted by Crippen LogP contribution is -2.04. The van der Waals surface area contributed by atoms with Crippen LogP contribution in [-0.2, 0) is 0 Å². The van der Waals surface area contributed by atoms with Crippen molar-refractivity contribution in [1.82, 2.24) is 0 Å². The van der Waals surface area contributed by atoms with Gasteiger partial charge < -0.3 is 14.2 Å². The molecule has 7 aromatic carbocycles. The first-order chi connectivity index (χ1) is 24.3. The molecule has 10 rings (SSSR count). The summed E-state index contributed by atoms with van der Waals surface area (Å²) in [6, 6.07) is 51.4. The van der Waals surface area contributed by atoms with E-state index in [1.54, 1.807) is 0 Å². The van der Waals surface area contributed by atoms with Gasteiger partial charge in [-0.25, -0.2) is 0 Å². The number of allylic oxidation sites excluding steroid dienone is 3. The summed E-state index contributed by atoms with van der Waals surface area (Å²) in [5.41, 5.74) is 11.7. The zero-order valence-corrected chi connectivity index (χ0v) is 26.7. The van der Waals surface area contributed by atoms with Gasteiger partial charge in [0.1, 0.15) is 22.3 Å². The van der Waals surface area contributed by atoms with Crippen LogP contribution in [-0.4, -0.2) is 0 Å². The van der Waals surface area contributed by atoms with Crippen molar-refractivity contribution in [2.24, 2.45) is 0 Å². The number of para-hydroxylation sites is 2. The molecule has 1 aliphatic rings. The highest BCUT2D eigenvalue weighted by molar-refractivity contribution is 6.17.